The first kappa shape index (κ1) is 22.6. The molecule has 174 valence electrons. The highest BCUT2D eigenvalue weighted by Gasteiger charge is 2.52. The fourth-order valence-corrected chi connectivity index (χ4v) is 5.77. The van der Waals surface area contributed by atoms with Crippen molar-refractivity contribution in [1.82, 2.24) is 10.3 Å². The zero-order chi connectivity index (χ0) is 23.5. The predicted octanol–water partition coefficient (Wildman–Crippen LogP) is 3.24. The number of rotatable bonds is 4. The fraction of sp³-hybridized carbons (Fsp3) is 0.538. The molecule has 0 radical (unpaired) electrons. The Morgan fingerprint density at radius 2 is 1.85 bits per heavy atom. The second-order valence-electron chi connectivity index (χ2n) is 11.0. The molecule has 33 heavy (non-hydrogen) atoms. The maximum absolute atomic E-state index is 12.1. The Morgan fingerprint density at radius 3 is 2.48 bits per heavy atom. The molecular formula is C26H34BN3O3. The van der Waals surface area contributed by atoms with Gasteiger partial charge in [0.1, 0.15) is 0 Å². The van der Waals surface area contributed by atoms with Crippen LogP contribution in [0.4, 0.5) is 0 Å². The Hall–Kier alpha value is -2.22. The van der Waals surface area contributed by atoms with Crippen LogP contribution in [0.25, 0.3) is 0 Å². The first-order chi connectivity index (χ1) is 15.6. The lowest BCUT2D eigenvalue weighted by Gasteiger charge is -2.32. The van der Waals surface area contributed by atoms with E-state index in [1.54, 1.807) is 0 Å². The van der Waals surface area contributed by atoms with Crippen LogP contribution >= 0.6 is 0 Å². The van der Waals surface area contributed by atoms with Crippen molar-refractivity contribution in [2.45, 2.75) is 70.6 Å². The molecule has 1 amide bonds. The summed E-state index contributed by atoms with van der Waals surface area (Å²) in [5.41, 5.74) is 9.82. The van der Waals surface area contributed by atoms with Gasteiger partial charge in [-0.05, 0) is 89.5 Å². The summed E-state index contributed by atoms with van der Waals surface area (Å²) in [6.45, 7) is 11.2. The van der Waals surface area contributed by atoms with Gasteiger partial charge in [-0.1, -0.05) is 23.8 Å². The first-order valence-corrected chi connectivity index (χ1v) is 12.0. The summed E-state index contributed by atoms with van der Waals surface area (Å²) in [6, 6.07) is 10.5. The van der Waals surface area contributed by atoms with Gasteiger partial charge in [-0.25, -0.2) is 0 Å². The topological polar surface area (TPSA) is 86.5 Å². The number of carbonyl (C=O) groups excluding carboxylic acids is 1. The number of benzene rings is 1. The number of aromatic nitrogens is 1. The normalized spacial score (nSPS) is 29.9. The molecule has 1 aromatic heterocycles. The summed E-state index contributed by atoms with van der Waals surface area (Å²) in [7, 11) is -0.398. The number of hydrogen-bond acceptors (Lipinski definition) is 5. The Balaban J connectivity index is 1.32. The number of primary amides is 1. The molecule has 5 rings (SSSR count). The fourth-order valence-electron chi connectivity index (χ4n) is 5.77. The monoisotopic (exact) mass is 447 g/mol. The highest BCUT2D eigenvalue weighted by molar-refractivity contribution is 6.62. The summed E-state index contributed by atoms with van der Waals surface area (Å²) in [5, 5.41) is 3.69. The van der Waals surface area contributed by atoms with E-state index in [-0.39, 0.29) is 23.2 Å². The third-order valence-corrected chi connectivity index (χ3v) is 8.34. The number of amides is 1. The number of pyridine rings is 1. The molecule has 3 N–H and O–H groups in total. The molecule has 6 nitrogen and oxygen atoms in total. The zero-order valence-corrected chi connectivity index (χ0v) is 20.2. The van der Waals surface area contributed by atoms with Crippen molar-refractivity contribution in [2.75, 3.05) is 6.54 Å². The molecule has 1 aliphatic carbocycles. The van der Waals surface area contributed by atoms with E-state index in [0.717, 1.165) is 41.7 Å². The number of hydrogen-bond donors (Lipinski definition) is 2. The van der Waals surface area contributed by atoms with Gasteiger partial charge in [0.2, 0.25) is 5.91 Å². The number of nitrogens with two attached hydrogens (primary N) is 1. The molecule has 2 aliphatic heterocycles. The van der Waals surface area contributed by atoms with Crippen LogP contribution in [-0.2, 0) is 9.31 Å². The van der Waals surface area contributed by atoms with E-state index < -0.39 is 7.12 Å². The molecule has 4 unspecified atom stereocenters. The van der Waals surface area contributed by atoms with E-state index in [1.165, 1.54) is 0 Å². The van der Waals surface area contributed by atoms with Gasteiger partial charge in [0, 0.05) is 17.2 Å². The Labute approximate surface area is 196 Å². The lowest BCUT2D eigenvalue weighted by molar-refractivity contribution is 0.00578. The highest BCUT2D eigenvalue weighted by atomic mass is 16.7. The highest BCUT2D eigenvalue weighted by Crippen LogP contribution is 2.50. The minimum atomic E-state index is -0.398. The van der Waals surface area contributed by atoms with Crippen LogP contribution in [0.5, 0.6) is 0 Å². The van der Waals surface area contributed by atoms with Gasteiger partial charge in [0.25, 0.3) is 0 Å². The van der Waals surface area contributed by atoms with Gasteiger partial charge >= 0.3 is 7.12 Å². The number of aryl methyl sites for hydroxylation is 1. The molecule has 0 bridgehead atoms. The maximum Gasteiger partial charge on any atom is 0.496 e. The van der Waals surface area contributed by atoms with Gasteiger partial charge in [-0.3, -0.25) is 9.78 Å². The van der Waals surface area contributed by atoms with Gasteiger partial charge in [-0.2, -0.15) is 0 Å². The van der Waals surface area contributed by atoms with Gasteiger partial charge in [-0.15, -0.1) is 0 Å². The van der Waals surface area contributed by atoms with Crippen molar-refractivity contribution in [3.8, 4) is 0 Å². The third-order valence-electron chi connectivity index (χ3n) is 8.34. The molecule has 2 aromatic rings. The molecule has 2 saturated heterocycles. The van der Waals surface area contributed by atoms with E-state index in [1.807, 2.05) is 19.2 Å². The van der Waals surface area contributed by atoms with Crippen molar-refractivity contribution in [1.29, 1.82) is 0 Å². The molecule has 7 heteroatoms. The summed E-state index contributed by atoms with van der Waals surface area (Å²) in [5.74, 6) is 1.09. The molecule has 3 heterocycles. The average Bonchev–Trinajstić information content (AvgIpc) is 3.39. The standard InChI is InChI=1S/C26H34BN3O3/c1-15-6-8-19(21(10-15)24(28)31)16-11-17-13-30-23(20(17)12-16)22-9-7-18(14-29-22)27-32-25(2,3)26(4,5)33-27/h6-10,14,16-17,20,23,30H,11-13H2,1-5H3,(H2,28,31). The predicted molar refractivity (Wildman–Crippen MR) is 129 cm³/mol. The summed E-state index contributed by atoms with van der Waals surface area (Å²) in [4.78, 5) is 16.9. The van der Waals surface area contributed by atoms with E-state index in [2.05, 4.69) is 57.3 Å². The number of nitrogens with one attached hydrogen (secondary N) is 1. The van der Waals surface area contributed by atoms with Gasteiger partial charge < -0.3 is 20.4 Å². The number of carbonyl (C=O) groups is 1. The Kier molecular flexibility index (Phi) is 5.42. The molecule has 3 fully saturated rings. The maximum atomic E-state index is 12.1. The molecule has 3 aliphatic rings. The van der Waals surface area contributed by atoms with Crippen molar-refractivity contribution in [2.24, 2.45) is 17.6 Å². The second kappa shape index (κ2) is 7.93. The summed E-state index contributed by atoms with van der Waals surface area (Å²) in [6.07, 6.45) is 4.00. The molecule has 4 atom stereocenters. The van der Waals surface area contributed by atoms with E-state index in [9.17, 15) is 4.79 Å². The SMILES string of the molecule is Cc1ccc(C2CC3CNC(c4ccc(B5OC(C)(C)C(C)(C)O5)cn4)C3C2)c(C(N)=O)c1. The molecular weight excluding hydrogens is 413 g/mol. The minimum absolute atomic E-state index is 0.217. The van der Waals surface area contributed by atoms with Gasteiger partial charge in [0.05, 0.1) is 22.9 Å². The van der Waals surface area contributed by atoms with Crippen LogP contribution in [-0.4, -0.2) is 35.8 Å². The average molecular weight is 447 g/mol. The van der Waals surface area contributed by atoms with Crippen LogP contribution in [0, 0.1) is 18.8 Å². The van der Waals surface area contributed by atoms with Crippen molar-refractivity contribution in [3.05, 3.63) is 58.9 Å². The number of nitrogens with zero attached hydrogens (tertiary/aromatic N) is 1. The largest absolute Gasteiger partial charge is 0.496 e. The quantitative estimate of drug-likeness (QED) is 0.703. The van der Waals surface area contributed by atoms with Crippen molar-refractivity contribution < 1.29 is 14.1 Å². The second-order valence-corrected chi connectivity index (χ2v) is 11.0. The number of fused-ring (bicyclic) bond motifs is 1. The molecule has 1 saturated carbocycles. The van der Waals surface area contributed by atoms with E-state index in [0.29, 0.717) is 23.3 Å². The molecule has 0 spiro atoms. The van der Waals surface area contributed by atoms with Gasteiger partial charge in [0.15, 0.2) is 0 Å². The van der Waals surface area contributed by atoms with E-state index >= 15 is 0 Å². The van der Waals surface area contributed by atoms with Crippen LogP contribution in [0.15, 0.2) is 36.5 Å². The molecule has 1 aromatic carbocycles. The Morgan fingerprint density at radius 1 is 1.12 bits per heavy atom. The zero-order valence-electron chi connectivity index (χ0n) is 20.2. The smallest absolute Gasteiger partial charge is 0.399 e. The minimum Gasteiger partial charge on any atom is -0.399 e. The van der Waals surface area contributed by atoms with Crippen LogP contribution < -0.4 is 16.5 Å². The lowest BCUT2D eigenvalue weighted by atomic mass is 9.80. The first-order valence-electron chi connectivity index (χ1n) is 12.0. The van der Waals surface area contributed by atoms with Crippen molar-refractivity contribution >= 4 is 18.5 Å². The van der Waals surface area contributed by atoms with Crippen LogP contribution in [0.1, 0.15) is 79.7 Å². The van der Waals surface area contributed by atoms with Crippen LogP contribution in [0.3, 0.4) is 0 Å². The lowest BCUT2D eigenvalue weighted by Crippen LogP contribution is -2.41. The summed E-state index contributed by atoms with van der Waals surface area (Å²) < 4.78 is 12.3. The van der Waals surface area contributed by atoms with Crippen molar-refractivity contribution in [3.63, 3.8) is 0 Å². The summed E-state index contributed by atoms with van der Waals surface area (Å²) >= 11 is 0. The van der Waals surface area contributed by atoms with E-state index in [4.69, 9.17) is 20.0 Å². The Bertz CT molecular complexity index is 1050. The third kappa shape index (κ3) is 3.90. The van der Waals surface area contributed by atoms with Crippen LogP contribution in [0.2, 0.25) is 0 Å².